The van der Waals surface area contributed by atoms with Gasteiger partial charge in [-0.3, -0.25) is 4.72 Å². The van der Waals surface area contributed by atoms with Crippen molar-refractivity contribution in [2.45, 2.75) is 21.4 Å². The highest BCUT2D eigenvalue weighted by Crippen LogP contribution is 2.31. The lowest BCUT2D eigenvalue weighted by molar-refractivity contribution is 0.392. The smallest absolute Gasteiger partial charge is 0.271 e. The average molecular weight is 475 g/mol. The Morgan fingerprint density at radius 2 is 1.82 bits per heavy atom. The summed E-state index contributed by atoms with van der Waals surface area (Å²) in [4.78, 5) is 0. The Kier molecular flexibility index (Phi) is 5.27. The molecule has 1 aromatic carbocycles. The fourth-order valence-corrected chi connectivity index (χ4v) is 8.08. The van der Waals surface area contributed by atoms with Gasteiger partial charge in [0.05, 0.1) is 4.34 Å². The molecule has 28 heavy (non-hydrogen) atoms. The van der Waals surface area contributed by atoms with Crippen molar-refractivity contribution in [2.75, 3.05) is 11.3 Å². The zero-order chi connectivity index (χ0) is 19.9. The van der Waals surface area contributed by atoms with Crippen LogP contribution in [0.3, 0.4) is 0 Å². The molecule has 3 aromatic rings. The molecule has 1 aliphatic heterocycles. The van der Waals surface area contributed by atoms with Crippen LogP contribution < -0.4 is 4.72 Å². The van der Waals surface area contributed by atoms with E-state index in [-0.39, 0.29) is 10.8 Å². The molecular formula is C17H15ClN2O4S4. The standard InChI is InChI=1S/C17H15ClN2O4S4/c18-15-5-6-17(26-15)27(21,22)19-14-4-3-12-7-8-20(11-13(12)10-14)28(23,24)16-2-1-9-25-16/h1-6,9-10,19H,7-8,11H2. The highest BCUT2D eigenvalue weighted by Gasteiger charge is 2.29. The topological polar surface area (TPSA) is 83.6 Å². The van der Waals surface area contributed by atoms with E-state index in [2.05, 4.69) is 4.72 Å². The van der Waals surface area contributed by atoms with Crippen molar-refractivity contribution in [3.8, 4) is 0 Å². The number of nitrogens with one attached hydrogen (secondary N) is 1. The van der Waals surface area contributed by atoms with Crippen molar-refractivity contribution >= 4 is 60.0 Å². The fourth-order valence-electron chi connectivity index (χ4n) is 2.98. The Labute approximate surface area is 176 Å². The van der Waals surface area contributed by atoms with E-state index in [1.165, 1.54) is 27.8 Å². The van der Waals surface area contributed by atoms with E-state index in [0.29, 0.717) is 27.2 Å². The Morgan fingerprint density at radius 3 is 2.50 bits per heavy atom. The van der Waals surface area contributed by atoms with E-state index in [0.717, 1.165) is 22.5 Å². The minimum Gasteiger partial charge on any atom is -0.279 e. The second-order valence-electron chi connectivity index (χ2n) is 6.17. The van der Waals surface area contributed by atoms with Crippen molar-refractivity contribution in [1.29, 1.82) is 0 Å². The van der Waals surface area contributed by atoms with Crippen LogP contribution in [0.5, 0.6) is 0 Å². The van der Waals surface area contributed by atoms with Gasteiger partial charge in [-0.25, -0.2) is 16.8 Å². The zero-order valence-corrected chi connectivity index (χ0v) is 18.4. The van der Waals surface area contributed by atoms with Crippen LogP contribution >= 0.6 is 34.3 Å². The SMILES string of the molecule is O=S(=O)(Nc1ccc2c(c1)CN(S(=O)(=O)c1cccs1)CC2)c1ccc(Cl)s1. The van der Waals surface area contributed by atoms with Crippen LogP contribution in [0.2, 0.25) is 4.34 Å². The number of rotatable bonds is 5. The molecule has 0 spiro atoms. The average Bonchev–Trinajstić information content (AvgIpc) is 3.33. The summed E-state index contributed by atoms with van der Waals surface area (Å²) in [5.74, 6) is 0. The van der Waals surface area contributed by atoms with Crippen molar-refractivity contribution < 1.29 is 16.8 Å². The van der Waals surface area contributed by atoms with Gasteiger partial charge in [0.15, 0.2) is 0 Å². The minimum absolute atomic E-state index is 0.122. The second-order valence-corrected chi connectivity index (χ2v) is 12.9. The first-order valence-electron chi connectivity index (χ1n) is 8.19. The number of halogens is 1. The molecule has 0 saturated heterocycles. The van der Waals surface area contributed by atoms with Gasteiger partial charge in [-0.05, 0) is 53.3 Å². The molecule has 11 heteroatoms. The van der Waals surface area contributed by atoms with E-state index >= 15 is 0 Å². The predicted octanol–water partition coefficient (Wildman–Crippen LogP) is 4.01. The maximum absolute atomic E-state index is 12.8. The van der Waals surface area contributed by atoms with Crippen molar-refractivity contribution in [1.82, 2.24) is 4.31 Å². The predicted molar refractivity (Wildman–Crippen MR) is 112 cm³/mol. The number of nitrogens with zero attached hydrogens (tertiary/aromatic N) is 1. The molecule has 4 rings (SSSR count). The van der Waals surface area contributed by atoms with E-state index in [1.54, 1.807) is 29.6 Å². The summed E-state index contributed by atoms with van der Waals surface area (Å²) in [7, 11) is -7.29. The molecule has 0 amide bonds. The van der Waals surface area contributed by atoms with E-state index in [9.17, 15) is 16.8 Å². The second kappa shape index (κ2) is 7.43. The molecule has 0 unspecified atom stereocenters. The summed E-state index contributed by atoms with van der Waals surface area (Å²) in [6.07, 6.45) is 0.577. The Bertz CT molecular complexity index is 1220. The molecule has 6 nitrogen and oxygen atoms in total. The van der Waals surface area contributed by atoms with Gasteiger partial charge < -0.3 is 0 Å². The van der Waals surface area contributed by atoms with Crippen molar-refractivity contribution in [3.05, 3.63) is 63.3 Å². The summed E-state index contributed by atoms with van der Waals surface area (Å²) in [6, 6.07) is 11.5. The van der Waals surface area contributed by atoms with Crippen LogP contribution in [0.1, 0.15) is 11.1 Å². The van der Waals surface area contributed by atoms with Gasteiger partial charge in [0.1, 0.15) is 8.42 Å². The lowest BCUT2D eigenvalue weighted by atomic mass is 10.0. The summed E-state index contributed by atoms with van der Waals surface area (Å²) in [6.45, 7) is 0.599. The molecular weight excluding hydrogens is 460 g/mol. The normalized spacial score (nSPS) is 15.3. The maximum atomic E-state index is 12.8. The first-order chi connectivity index (χ1) is 13.3. The zero-order valence-electron chi connectivity index (χ0n) is 14.3. The van der Waals surface area contributed by atoms with Gasteiger partial charge in [-0.15, -0.1) is 22.7 Å². The Balaban J connectivity index is 1.59. The summed E-state index contributed by atoms with van der Waals surface area (Å²) < 4.78 is 55.3. The third kappa shape index (κ3) is 3.85. The molecule has 0 bridgehead atoms. The number of anilines is 1. The highest BCUT2D eigenvalue weighted by molar-refractivity contribution is 7.94. The molecule has 3 heterocycles. The molecule has 1 N–H and O–H groups in total. The third-order valence-electron chi connectivity index (χ3n) is 4.34. The van der Waals surface area contributed by atoms with Crippen LogP contribution in [0.25, 0.3) is 0 Å². The van der Waals surface area contributed by atoms with Crippen LogP contribution in [0.4, 0.5) is 5.69 Å². The molecule has 148 valence electrons. The van der Waals surface area contributed by atoms with Gasteiger partial charge in [0.25, 0.3) is 20.0 Å². The quantitative estimate of drug-likeness (QED) is 0.605. The number of sulfonamides is 2. The molecule has 2 aromatic heterocycles. The lowest BCUT2D eigenvalue weighted by Crippen LogP contribution is -2.35. The van der Waals surface area contributed by atoms with Gasteiger partial charge in [0, 0.05) is 18.8 Å². The Hall–Kier alpha value is -1.43. The lowest BCUT2D eigenvalue weighted by Gasteiger charge is -2.28. The molecule has 0 saturated carbocycles. The number of thiophene rings is 2. The number of fused-ring (bicyclic) bond motifs is 1. The van der Waals surface area contributed by atoms with Crippen molar-refractivity contribution in [3.63, 3.8) is 0 Å². The molecule has 0 radical (unpaired) electrons. The van der Waals surface area contributed by atoms with Gasteiger partial charge in [-0.1, -0.05) is 23.7 Å². The third-order valence-corrected chi connectivity index (χ3v) is 10.7. The fraction of sp³-hybridized carbons (Fsp3) is 0.176. The monoisotopic (exact) mass is 474 g/mol. The highest BCUT2D eigenvalue weighted by atomic mass is 35.5. The molecule has 0 atom stereocenters. The van der Waals surface area contributed by atoms with E-state index in [4.69, 9.17) is 11.6 Å². The summed E-state index contributed by atoms with van der Waals surface area (Å²) in [5.41, 5.74) is 2.19. The number of hydrogen-bond donors (Lipinski definition) is 1. The molecule has 1 aliphatic rings. The Morgan fingerprint density at radius 1 is 1.00 bits per heavy atom. The first kappa shape index (κ1) is 19.9. The number of hydrogen-bond acceptors (Lipinski definition) is 6. The van der Waals surface area contributed by atoms with Crippen LogP contribution in [-0.4, -0.2) is 27.7 Å². The summed E-state index contributed by atoms with van der Waals surface area (Å²) >= 11 is 7.99. The number of benzene rings is 1. The molecule has 0 aliphatic carbocycles. The largest absolute Gasteiger partial charge is 0.279 e. The maximum Gasteiger partial charge on any atom is 0.271 e. The van der Waals surface area contributed by atoms with E-state index < -0.39 is 20.0 Å². The van der Waals surface area contributed by atoms with E-state index in [1.807, 2.05) is 6.07 Å². The van der Waals surface area contributed by atoms with Crippen LogP contribution in [0.15, 0.2) is 56.3 Å². The van der Waals surface area contributed by atoms with Crippen LogP contribution in [0, 0.1) is 0 Å². The van der Waals surface area contributed by atoms with Gasteiger partial charge in [-0.2, -0.15) is 4.31 Å². The van der Waals surface area contributed by atoms with Crippen molar-refractivity contribution in [2.24, 2.45) is 0 Å². The first-order valence-corrected chi connectivity index (χ1v) is 13.2. The summed E-state index contributed by atoms with van der Waals surface area (Å²) in [5, 5.41) is 1.73. The molecule has 0 fully saturated rings. The van der Waals surface area contributed by atoms with Gasteiger partial charge in [0.2, 0.25) is 0 Å². The minimum atomic E-state index is -3.74. The van der Waals surface area contributed by atoms with Gasteiger partial charge >= 0.3 is 0 Å². The van der Waals surface area contributed by atoms with Crippen LogP contribution in [-0.2, 0) is 33.0 Å².